The topological polar surface area (TPSA) is 61.6 Å². The van der Waals surface area contributed by atoms with Crippen LogP contribution in [0.5, 0.6) is 5.88 Å². The van der Waals surface area contributed by atoms with Crippen LogP contribution in [-0.2, 0) is 11.3 Å². The van der Waals surface area contributed by atoms with Gasteiger partial charge in [-0.1, -0.05) is 6.07 Å². The van der Waals surface area contributed by atoms with E-state index < -0.39 is 5.97 Å². The van der Waals surface area contributed by atoms with Gasteiger partial charge in [-0.15, -0.1) is 0 Å². The zero-order valence-corrected chi connectivity index (χ0v) is 10.2. The normalized spacial score (nSPS) is 10.1. The van der Waals surface area contributed by atoms with Crippen LogP contribution in [0.1, 0.15) is 21.7 Å². The van der Waals surface area contributed by atoms with Crippen LogP contribution in [0.15, 0.2) is 35.1 Å². The molecule has 0 N–H and O–H groups in total. The van der Waals surface area contributed by atoms with Gasteiger partial charge in [0.2, 0.25) is 11.6 Å². The Labute approximate surface area is 104 Å². The van der Waals surface area contributed by atoms with E-state index >= 15 is 0 Å². The predicted octanol–water partition coefficient (Wildman–Crippen LogP) is 2.35. The highest BCUT2D eigenvalue weighted by Crippen LogP contribution is 2.15. The maximum Gasteiger partial charge on any atom is 0.374 e. The second kappa shape index (κ2) is 5.35. The van der Waals surface area contributed by atoms with Gasteiger partial charge in [-0.3, -0.25) is 0 Å². The van der Waals surface area contributed by atoms with Crippen molar-refractivity contribution in [1.29, 1.82) is 0 Å². The van der Waals surface area contributed by atoms with Gasteiger partial charge in [0.1, 0.15) is 6.61 Å². The summed E-state index contributed by atoms with van der Waals surface area (Å²) in [6.45, 7) is 2.15. The fraction of sp³-hybridized carbons (Fsp3) is 0.231. The first-order valence-electron chi connectivity index (χ1n) is 5.41. The van der Waals surface area contributed by atoms with Crippen molar-refractivity contribution in [3.05, 3.63) is 47.5 Å². The van der Waals surface area contributed by atoms with Gasteiger partial charge in [-0.2, -0.15) is 0 Å². The number of hydrogen-bond acceptors (Lipinski definition) is 5. The summed E-state index contributed by atoms with van der Waals surface area (Å²) in [6.07, 6.45) is 3.14. The number of carbonyl (C=O) groups is 1. The number of pyridine rings is 1. The number of aromatic nitrogens is 1. The minimum absolute atomic E-state index is 0.157. The van der Waals surface area contributed by atoms with Crippen LogP contribution in [0.25, 0.3) is 0 Å². The van der Waals surface area contributed by atoms with Crippen molar-refractivity contribution in [2.75, 3.05) is 7.11 Å². The SMILES string of the molecule is COC(=O)c1occc1COc1ccc(C)cn1. The average molecular weight is 247 g/mol. The van der Waals surface area contributed by atoms with E-state index in [4.69, 9.17) is 9.15 Å². The maximum absolute atomic E-state index is 11.4. The number of rotatable bonds is 4. The lowest BCUT2D eigenvalue weighted by Crippen LogP contribution is -2.05. The molecular formula is C13H13NO4. The Kier molecular flexibility index (Phi) is 3.62. The standard InChI is InChI=1S/C13H13NO4/c1-9-3-4-11(14-7-9)18-8-10-5-6-17-12(10)13(15)16-2/h3-7H,8H2,1-2H3. The van der Waals surface area contributed by atoms with Crippen LogP contribution >= 0.6 is 0 Å². The van der Waals surface area contributed by atoms with Crippen molar-refractivity contribution in [3.63, 3.8) is 0 Å². The molecule has 0 aliphatic carbocycles. The Morgan fingerprint density at radius 3 is 2.89 bits per heavy atom. The second-order valence-electron chi connectivity index (χ2n) is 3.73. The monoisotopic (exact) mass is 247 g/mol. The van der Waals surface area contributed by atoms with Gasteiger partial charge in [0.05, 0.1) is 13.4 Å². The Balaban J connectivity index is 2.04. The first kappa shape index (κ1) is 12.2. The molecule has 0 saturated carbocycles. The van der Waals surface area contributed by atoms with Crippen molar-refractivity contribution in [3.8, 4) is 5.88 Å². The number of nitrogens with zero attached hydrogens (tertiary/aromatic N) is 1. The number of methoxy groups -OCH3 is 1. The predicted molar refractivity (Wildman–Crippen MR) is 63.4 cm³/mol. The van der Waals surface area contributed by atoms with Crippen molar-refractivity contribution in [1.82, 2.24) is 4.98 Å². The summed E-state index contributed by atoms with van der Waals surface area (Å²) in [5.41, 5.74) is 1.69. The Hall–Kier alpha value is -2.30. The molecule has 0 bridgehead atoms. The van der Waals surface area contributed by atoms with Crippen LogP contribution in [0, 0.1) is 6.92 Å². The molecule has 0 spiro atoms. The molecule has 0 aliphatic heterocycles. The summed E-state index contributed by atoms with van der Waals surface area (Å²) in [6, 6.07) is 5.34. The van der Waals surface area contributed by atoms with Gasteiger partial charge >= 0.3 is 5.97 Å². The Bertz CT molecular complexity index is 530. The van der Waals surface area contributed by atoms with Gasteiger partial charge in [0.25, 0.3) is 0 Å². The van der Waals surface area contributed by atoms with E-state index in [0.29, 0.717) is 11.4 Å². The van der Waals surface area contributed by atoms with Crippen LogP contribution in [0.4, 0.5) is 0 Å². The van der Waals surface area contributed by atoms with Crippen LogP contribution in [-0.4, -0.2) is 18.1 Å². The second-order valence-corrected chi connectivity index (χ2v) is 3.73. The lowest BCUT2D eigenvalue weighted by molar-refractivity contribution is 0.0561. The number of aryl methyl sites for hydroxylation is 1. The van der Waals surface area contributed by atoms with Crippen LogP contribution in [0.3, 0.4) is 0 Å². The van der Waals surface area contributed by atoms with Crippen molar-refractivity contribution < 1.29 is 18.7 Å². The molecule has 0 aliphatic rings. The number of hydrogen-bond donors (Lipinski definition) is 0. The Morgan fingerprint density at radius 1 is 1.39 bits per heavy atom. The third kappa shape index (κ3) is 2.68. The van der Waals surface area contributed by atoms with E-state index in [9.17, 15) is 4.79 Å². The van der Waals surface area contributed by atoms with E-state index in [2.05, 4.69) is 9.72 Å². The molecule has 5 heteroatoms. The number of carbonyl (C=O) groups excluding carboxylic acids is 1. The minimum Gasteiger partial charge on any atom is -0.473 e. The molecule has 0 amide bonds. The van der Waals surface area contributed by atoms with Gasteiger partial charge in [-0.25, -0.2) is 9.78 Å². The lowest BCUT2D eigenvalue weighted by atomic mass is 10.2. The smallest absolute Gasteiger partial charge is 0.374 e. The highest BCUT2D eigenvalue weighted by Gasteiger charge is 2.16. The zero-order valence-electron chi connectivity index (χ0n) is 10.2. The first-order valence-corrected chi connectivity index (χ1v) is 5.41. The molecule has 0 fully saturated rings. The number of ether oxygens (including phenoxy) is 2. The fourth-order valence-corrected chi connectivity index (χ4v) is 1.41. The summed E-state index contributed by atoms with van der Waals surface area (Å²) in [5.74, 6) is 0.137. The first-order chi connectivity index (χ1) is 8.70. The summed E-state index contributed by atoms with van der Waals surface area (Å²) in [7, 11) is 1.30. The van der Waals surface area contributed by atoms with E-state index in [0.717, 1.165) is 5.56 Å². The van der Waals surface area contributed by atoms with Gasteiger partial charge < -0.3 is 13.9 Å². The summed E-state index contributed by atoms with van der Waals surface area (Å²) >= 11 is 0. The third-order valence-electron chi connectivity index (χ3n) is 2.38. The molecule has 0 saturated heterocycles. The number of esters is 1. The molecule has 2 heterocycles. The lowest BCUT2D eigenvalue weighted by Gasteiger charge is -2.04. The summed E-state index contributed by atoms with van der Waals surface area (Å²) < 4.78 is 15.1. The molecule has 2 aromatic rings. The highest BCUT2D eigenvalue weighted by molar-refractivity contribution is 5.87. The molecule has 94 valence electrons. The molecule has 18 heavy (non-hydrogen) atoms. The quantitative estimate of drug-likeness (QED) is 0.776. The molecule has 0 atom stereocenters. The highest BCUT2D eigenvalue weighted by atomic mass is 16.5. The molecule has 2 rings (SSSR count). The third-order valence-corrected chi connectivity index (χ3v) is 2.38. The summed E-state index contributed by atoms with van der Waals surface area (Å²) in [5, 5.41) is 0. The molecule has 5 nitrogen and oxygen atoms in total. The van der Waals surface area contributed by atoms with Gasteiger partial charge in [-0.05, 0) is 18.6 Å². The maximum atomic E-state index is 11.4. The fourth-order valence-electron chi connectivity index (χ4n) is 1.41. The van der Waals surface area contributed by atoms with E-state index in [1.165, 1.54) is 13.4 Å². The van der Waals surface area contributed by atoms with E-state index in [1.54, 1.807) is 18.3 Å². The molecule has 0 radical (unpaired) electrons. The van der Waals surface area contributed by atoms with E-state index in [-0.39, 0.29) is 12.4 Å². The van der Waals surface area contributed by atoms with Crippen molar-refractivity contribution in [2.24, 2.45) is 0 Å². The molecule has 0 aromatic carbocycles. The van der Waals surface area contributed by atoms with Crippen LogP contribution in [0.2, 0.25) is 0 Å². The molecular weight excluding hydrogens is 234 g/mol. The minimum atomic E-state index is -0.518. The van der Waals surface area contributed by atoms with E-state index in [1.807, 2.05) is 13.0 Å². The van der Waals surface area contributed by atoms with Gasteiger partial charge in [0, 0.05) is 17.8 Å². The van der Waals surface area contributed by atoms with Crippen molar-refractivity contribution >= 4 is 5.97 Å². The zero-order chi connectivity index (χ0) is 13.0. The average Bonchev–Trinajstić information content (AvgIpc) is 2.85. The summed E-state index contributed by atoms with van der Waals surface area (Å²) in [4.78, 5) is 15.5. The van der Waals surface area contributed by atoms with Crippen LogP contribution < -0.4 is 4.74 Å². The van der Waals surface area contributed by atoms with Crippen molar-refractivity contribution in [2.45, 2.75) is 13.5 Å². The number of furan rings is 1. The molecule has 0 unspecified atom stereocenters. The van der Waals surface area contributed by atoms with Gasteiger partial charge in [0.15, 0.2) is 0 Å². The Morgan fingerprint density at radius 2 is 2.22 bits per heavy atom. The largest absolute Gasteiger partial charge is 0.473 e. The molecule has 2 aromatic heterocycles.